The monoisotopic (exact) mass is 298 g/mol. The third kappa shape index (κ3) is 5.96. The van der Waals surface area contributed by atoms with Crippen molar-refractivity contribution in [1.29, 1.82) is 0 Å². The molecule has 21 heavy (non-hydrogen) atoms. The van der Waals surface area contributed by atoms with Crippen molar-refractivity contribution < 1.29 is 20.1 Å². The van der Waals surface area contributed by atoms with Gasteiger partial charge in [0.25, 0.3) is 0 Å². The van der Waals surface area contributed by atoms with Crippen LogP contribution in [0.1, 0.15) is 53.4 Å². The van der Waals surface area contributed by atoms with Gasteiger partial charge in [0, 0.05) is 18.9 Å². The highest BCUT2D eigenvalue weighted by atomic mass is 16.5. The summed E-state index contributed by atoms with van der Waals surface area (Å²) < 4.78 is 5.93. The fourth-order valence-corrected chi connectivity index (χ4v) is 2.86. The predicted octanol–water partition coefficient (Wildman–Crippen LogP) is 1.71. The van der Waals surface area contributed by atoms with Gasteiger partial charge in [0.15, 0.2) is 0 Å². The van der Waals surface area contributed by atoms with Crippen LogP contribution in [0.15, 0.2) is 0 Å². The minimum atomic E-state index is -0.624. The van der Waals surface area contributed by atoms with Gasteiger partial charge in [-0.25, -0.2) is 0 Å². The lowest BCUT2D eigenvalue weighted by molar-refractivity contribution is -0.0369. The molecule has 0 aromatic heterocycles. The molecule has 1 aliphatic rings. The van der Waals surface area contributed by atoms with Crippen LogP contribution in [0.4, 0.5) is 0 Å². The van der Waals surface area contributed by atoms with E-state index >= 15 is 0 Å². The first kappa shape index (κ1) is 18.4. The summed E-state index contributed by atoms with van der Waals surface area (Å²) in [5, 5.41) is 29.1. The van der Waals surface area contributed by atoms with E-state index in [1.54, 1.807) is 0 Å². The fraction of sp³-hybridized carbons (Fsp3) is 0.882. The second-order valence-electron chi connectivity index (χ2n) is 6.87. The Morgan fingerprint density at radius 3 is 2.43 bits per heavy atom. The second-order valence-corrected chi connectivity index (χ2v) is 6.87. The largest absolute Gasteiger partial charge is 0.396 e. The molecule has 1 saturated carbocycles. The normalized spacial score (nSPS) is 30.8. The molecular weight excluding hydrogens is 268 g/mol. The van der Waals surface area contributed by atoms with Gasteiger partial charge in [-0.15, -0.1) is 0 Å². The Balaban J connectivity index is 2.79. The molecular formula is C17H30O4. The summed E-state index contributed by atoms with van der Waals surface area (Å²) in [6, 6.07) is 0. The lowest BCUT2D eigenvalue weighted by Crippen LogP contribution is -2.27. The van der Waals surface area contributed by atoms with Gasteiger partial charge < -0.3 is 20.1 Å². The molecule has 1 rings (SSSR count). The first-order chi connectivity index (χ1) is 9.78. The van der Waals surface area contributed by atoms with Crippen molar-refractivity contribution in [3.8, 4) is 11.8 Å². The molecule has 0 aromatic carbocycles. The van der Waals surface area contributed by atoms with Crippen molar-refractivity contribution in [2.24, 2.45) is 11.8 Å². The molecule has 0 saturated heterocycles. The van der Waals surface area contributed by atoms with Crippen molar-refractivity contribution in [2.45, 2.75) is 77.3 Å². The Kier molecular flexibility index (Phi) is 7.15. The number of ether oxygens (including phenoxy) is 1. The Morgan fingerprint density at radius 2 is 1.90 bits per heavy atom. The van der Waals surface area contributed by atoms with Crippen LogP contribution in [0.2, 0.25) is 0 Å². The highest BCUT2D eigenvalue weighted by Gasteiger charge is 2.40. The van der Waals surface area contributed by atoms with Gasteiger partial charge in [0.2, 0.25) is 0 Å². The van der Waals surface area contributed by atoms with E-state index in [0.29, 0.717) is 12.8 Å². The Labute approximate surface area is 128 Å². The molecule has 1 fully saturated rings. The molecule has 5 atom stereocenters. The van der Waals surface area contributed by atoms with Crippen LogP contribution in [0.3, 0.4) is 0 Å². The van der Waals surface area contributed by atoms with Gasteiger partial charge in [-0.05, 0) is 33.6 Å². The average Bonchev–Trinajstić information content (AvgIpc) is 2.61. The SMILES string of the molecule is CCCC(C#C[C@@H]1[C@@H](CCO)[C@@H](O)C[C@H]1O)OC(C)(C)C. The standard InChI is InChI=1S/C17H30O4/c1-5-6-12(21-17(2,3)4)7-8-13-14(9-10-18)16(20)11-15(13)19/h12-16,18-20H,5-6,9-11H2,1-4H3/t12?,13-,14-,15-,16+/m1/s1. The van der Waals surface area contributed by atoms with Crippen LogP contribution in [0.5, 0.6) is 0 Å². The molecule has 0 heterocycles. The van der Waals surface area contributed by atoms with E-state index < -0.39 is 12.2 Å². The summed E-state index contributed by atoms with van der Waals surface area (Å²) in [5.74, 6) is 5.80. The molecule has 4 nitrogen and oxygen atoms in total. The van der Waals surface area contributed by atoms with Gasteiger partial charge in [-0.1, -0.05) is 25.2 Å². The molecule has 1 aliphatic carbocycles. The maximum Gasteiger partial charge on any atom is 0.118 e. The Bertz CT molecular complexity index is 363. The lowest BCUT2D eigenvalue weighted by Gasteiger charge is -2.24. The minimum Gasteiger partial charge on any atom is -0.396 e. The summed E-state index contributed by atoms with van der Waals surface area (Å²) in [7, 11) is 0. The van der Waals surface area contributed by atoms with Crippen LogP contribution in [0.25, 0.3) is 0 Å². The van der Waals surface area contributed by atoms with Crippen molar-refractivity contribution in [2.75, 3.05) is 6.61 Å². The number of aliphatic hydroxyl groups excluding tert-OH is 3. The molecule has 0 radical (unpaired) electrons. The molecule has 122 valence electrons. The number of hydrogen-bond acceptors (Lipinski definition) is 4. The van der Waals surface area contributed by atoms with Crippen LogP contribution in [0, 0.1) is 23.7 Å². The molecule has 1 unspecified atom stereocenters. The van der Waals surface area contributed by atoms with Gasteiger partial charge in [-0.2, -0.15) is 0 Å². The van der Waals surface area contributed by atoms with E-state index in [1.165, 1.54) is 0 Å². The third-order valence-electron chi connectivity index (χ3n) is 3.77. The molecule has 0 bridgehead atoms. The maximum absolute atomic E-state index is 10.0. The minimum absolute atomic E-state index is 0.00348. The zero-order chi connectivity index (χ0) is 16.0. The zero-order valence-corrected chi connectivity index (χ0v) is 13.7. The average molecular weight is 298 g/mol. The quantitative estimate of drug-likeness (QED) is 0.676. The zero-order valence-electron chi connectivity index (χ0n) is 13.7. The molecule has 0 spiro atoms. The molecule has 4 heteroatoms. The Hall–Kier alpha value is -0.600. The van der Waals surface area contributed by atoms with Crippen molar-refractivity contribution in [3.05, 3.63) is 0 Å². The highest BCUT2D eigenvalue weighted by Crippen LogP contribution is 2.34. The van der Waals surface area contributed by atoms with Crippen LogP contribution in [-0.2, 0) is 4.74 Å². The predicted molar refractivity (Wildman–Crippen MR) is 82.6 cm³/mol. The van der Waals surface area contributed by atoms with E-state index in [0.717, 1.165) is 12.8 Å². The first-order valence-corrected chi connectivity index (χ1v) is 7.94. The summed E-state index contributed by atoms with van der Waals surface area (Å²) in [6.45, 7) is 8.09. The number of aliphatic hydroxyl groups is 3. The van der Waals surface area contributed by atoms with Crippen LogP contribution in [-0.4, -0.2) is 45.8 Å². The number of hydrogen-bond donors (Lipinski definition) is 3. The molecule has 0 amide bonds. The molecule has 0 aliphatic heterocycles. The summed E-state index contributed by atoms with van der Waals surface area (Å²) in [6.07, 6.45) is 1.26. The van der Waals surface area contributed by atoms with Crippen molar-refractivity contribution in [1.82, 2.24) is 0 Å². The van der Waals surface area contributed by atoms with Gasteiger partial charge in [0.1, 0.15) is 6.10 Å². The summed E-state index contributed by atoms with van der Waals surface area (Å²) in [4.78, 5) is 0. The van der Waals surface area contributed by atoms with Gasteiger partial charge >= 0.3 is 0 Å². The van der Waals surface area contributed by atoms with E-state index in [-0.39, 0.29) is 30.1 Å². The van der Waals surface area contributed by atoms with E-state index in [1.807, 2.05) is 20.8 Å². The highest BCUT2D eigenvalue weighted by molar-refractivity contribution is 5.15. The first-order valence-electron chi connectivity index (χ1n) is 7.94. The third-order valence-corrected chi connectivity index (χ3v) is 3.77. The van der Waals surface area contributed by atoms with E-state index in [9.17, 15) is 10.2 Å². The fourth-order valence-electron chi connectivity index (χ4n) is 2.86. The molecule has 0 aromatic rings. The summed E-state index contributed by atoms with van der Waals surface area (Å²) >= 11 is 0. The van der Waals surface area contributed by atoms with Crippen molar-refractivity contribution >= 4 is 0 Å². The van der Waals surface area contributed by atoms with Crippen LogP contribution < -0.4 is 0 Å². The van der Waals surface area contributed by atoms with E-state index in [2.05, 4.69) is 18.8 Å². The van der Waals surface area contributed by atoms with E-state index in [4.69, 9.17) is 9.84 Å². The second kappa shape index (κ2) is 8.14. The van der Waals surface area contributed by atoms with Crippen molar-refractivity contribution in [3.63, 3.8) is 0 Å². The number of rotatable bonds is 5. The van der Waals surface area contributed by atoms with Gasteiger partial charge in [0.05, 0.1) is 23.7 Å². The maximum atomic E-state index is 10.0. The summed E-state index contributed by atoms with van der Waals surface area (Å²) in [5.41, 5.74) is -0.257. The lowest BCUT2D eigenvalue weighted by atomic mass is 9.91. The smallest absolute Gasteiger partial charge is 0.118 e. The molecule has 3 N–H and O–H groups in total. The van der Waals surface area contributed by atoms with Gasteiger partial charge in [-0.3, -0.25) is 0 Å². The Morgan fingerprint density at radius 1 is 1.24 bits per heavy atom. The van der Waals surface area contributed by atoms with Crippen LogP contribution >= 0.6 is 0 Å². The topological polar surface area (TPSA) is 69.9 Å².